The van der Waals surface area contributed by atoms with Crippen molar-refractivity contribution in [1.29, 1.82) is 0 Å². The van der Waals surface area contributed by atoms with Gasteiger partial charge in [-0.3, -0.25) is 4.99 Å². The van der Waals surface area contributed by atoms with Crippen molar-refractivity contribution in [3.05, 3.63) is 54.1 Å². The van der Waals surface area contributed by atoms with E-state index in [1.165, 1.54) is 24.0 Å². The largest absolute Gasteiger partial charge is 0.424 e. The van der Waals surface area contributed by atoms with Crippen LogP contribution in [0.1, 0.15) is 24.7 Å². The van der Waals surface area contributed by atoms with Crippen LogP contribution in [0, 0.1) is 0 Å². The number of rotatable bonds is 7. The SMILES string of the molecule is CCNC(=NCCC(O)(c1nccn1C)C(F)(F)F)N(C)Cc1ccccc1. The summed E-state index contributed by atoms with van der Waals surface area (Å²) in [5.41, 5.74) is -2.01. The molecule has 2 rings (SSSR count). The first-order chi connectivity index (χ1) is 13.2. The minimum atomic E-state index is -4.87. The molecular formula is C19H26F3N5O. The smallest absolute Gasteiger partial charge is 0.374 e. The van der Waals surface area contributed by atoms with E-state index in [1.54, 1.807) is 0 Å². The molecule has 0 bridgehead atoms. The highest BCUT2D eigenvalue weighted by Crippen LogP contribution is 2.40. The van der Waals surface area contributed by atoms with Crippen LogP contribution in [0.25, 0.3) is 0 Å². The molecule has 1 heterocycles. The average Bonchev–Trinajstić information content (AvgIpc) is 3.07. The van der Waals surface area contributed by atoms with Crippen molar-refractivity contribution in [1.82, 2.24) is 19.8 Å². The molecule has 0 fully saturated rings. The third kappa shape index (κ3) is 5.03. The number of aliphatic imine (C=N–C) groups is 1. The molecule has 0 radical (unpaired) electrons. The number of hydrogen-bond donors (Lipinski definition) is 2. The highest BCUT2D eigenvalue weighted by atomic mass is 19.4. The summed E-state index contributed by atoms with van der Waals surface area (Å²) in [7, 11) is 3.23. The van der Waals surface area contributed by atoms with Crippen molar-refractivity contribution >= 4 is 5.96 Å². The Morgan fingerprint density at radius 1 is 1.29 bits per heavy atom. The Bertz CT molecular complexity index is 775. The molecule has 0 saturated carbocycles. The molecule has 2 aromatic rings. The molecule has 0 amide bonds. The van der Waals surface area contributed by atoms with Crippen LogP contribution in [0.15, 0.2) is 47.7 Å². The number of aryl methyl sites for hydroxylation is 1. The van der Waals surface area contributed by atoms with E-state index < -0.39 is 24.0 Å². The third-order valence-electron chi connectivity index (χ3n) is 4.35. The quantitative estimate of drug-likeness (QED) is 0.557. The lowest BCUT2D eigenvalue weighted by Crippen LogP contribution is -2.45. The number of alkyl halides is 3. The first kappa shape index (κ1) is 21.7. The van der Waals surface area contributed by atoms with Crippen molar-refractivity contribution in [3.63, 3.8) is 0 Å². The zero-order chi connectivity index (χ0) is 20.8. The molecule has 1 aromatic carbocycles. The number of nitrogens with zero attached hydrogens (tertiary/aromatic N) is 4. The number of benzene rings is 1. The second kappa shape index (κ2) is 9.09. The maximum atomic E-state index is 13.6. The summed E-state index contributed by atoms with van der Waals surface area (Å²) in [6, 6.07) is 9.68. The van der Waals surface area contributed by atoms with E-state index in [0.717, 1.165) is 5.56 Å². The second-order valence-electron chi connectivity index (χ2n) is 6.55. The summed E-state index contributed by atoms with van der Waals surface area (Å²) in [5.74, 6) is 0.0218. The van der Waals surface area contributed by atoms with E-state index in [4.69, 9.17) is 0 Å². The van der Waals surface area contributed by atoms with Crippen LogP contribution in [0.4, 0.5) is 13.2 Å². The van der Waals surface area contributed by atoms with Crippen LogP contribution in [0.2, 0.25) is 0 Å². The van der Waals surface area contributed by atoms with Gasteiger partial charge in [0, 0.05) is 52.5 Å². The van der Waals surface area contributed by atoms with E-state index in [-0.39, 0.29) is 6.54 Å². The summed E-state index contributed by atoms with van der Waals surface area (Å²) in [6.07, 6.45) is -2.90. The van der Waals surface area contributed by atoms with Gasteiger partial charge in [0.25, 0.3) is 0 Å². The minimum Gasteiger partial charge on any atom is -0.374 e. The van der Waals surface area contributed by atoms with Gasteiger partial charge in [-0.05, 0) is 12.5 Å². The fraction of sp³-hybridized carbons (Fsp3) is 0.474. The molecule has 6 nitrogen and oxygen atoms in total. The molecule has 1 aromatic heterocycles. The third-order valence-corrected chi connectivity index (χ3v) is 4.35. The number of aliphatic hydroxyl groups is 1. The van der Waals surface area contributed by atoms with E-state index in [1.807, 2.05) is 49.2 Å². The lowest BCUT2D eigenvalue weighted by Gasteiger charge is -2.29. The van der Waals surface area contributed by atoms with Crippen LogP contribution in [-0.2, 0) is 19.2 Å². The van der Waals surface area contributed by atoms with E-state index in [0.29, 0.717) is 19.0 Å². The van der Waals surface area contributed by atoms with Crippen molar-refractivity contribution in [2.24, 2.45) is 12.0 Å². The maximum Gasteiger partial charge on any atom is 0.424 e. The van der Waals surface area contributed by atoms with Crippen molar-refractivity contribution in [3.8, 4) is 0 Å². The Balaban J connectivity index is 2.15. The van der Waals surface area contributed by atoms with Crippen LogP contribution < -0.4 is 5.32 Å². The molecule has 1 atom stereocenters. The fourth-order valence-corrected chi connectivity index (χ4v) is 2.87. The molecule has 9 heteroatoms. The van der Waals surface area contributed by atoms with Gasteiger partial charge in [0.15, 0.2) is 5.96 Å². The normalized spacial score (nSPS) is 14.6. The van der Waals surface area contributed by atoms with Crippen LogP contribution in [0.3, 0.4) is 0 Å². The zero-order valence-corrected chi connectivity index (χ0v) is 16.2. The Morgan fingerprint density at radius 2 is 1.96 bits per heavy atom. The molecule has 28 heavy (non-hydrogen) atoms. The fourth-order valence-electron chi connectivity index (χ4n) is 2.87. The lowest BCUT2D eigenvalue weighted by atomic mass is 9.98. The highest BCUT2D eigenvalue weighted by molar-refractivity contribution is 5.79. The summed E-state index contributed by atoms with van der Waals surface area (Å²) in [6.45, 7) is 2.78. The summed E-state index contributed by atoms with van der Waals surface area (Å²) < 4.78 is 41.9. The van der Waals surface area contributed by atoms with Gasteiger partial charge >= 0.3 is 6.18 Å². The lowest BCUT2D eigenvalue weighted by molar-refractivity contribution is -0.272. The van der Waals surface area contributed by atoms with Gasteiger partial charge in [-0.15, -0.1) is 0 Å². The number of nitrogens with one attached hydrogen (secondary N) is 1. The van der Waals surface area contributed by atoms with Crippen LogP contribution >= 0.6 is 0 Å². The molecule has 0 aliphatic heterocycles. The number of hydrogen-bond acceptors (Lipinski definition) is 3. The van der Waals surface area contributed by atoms with Crippen molar-refractivity contribution in [2.45, 2.75) is 31.7 Å². The van der Waals surface area contributed by atoms with E-state index in [9.17, 15) is 18.3 Å². The summed E-state index contributed by atoms with van der Waals surface area (Å²) in [4.78, 5) is 9.81. The monoisotopic (exact) mass is 397 g/mol. The summed E-state index contributed by atoms with van der Waals surface area (Å²) in [5, 5.41) is 13.5. The summed E-state index contributed by atoms with van der Waals surface area (Å²) >= 11 is 0. The van der Waals surface area contributed by atoms with Gasteiger partial charge in [0.2, 0.25) is 5.60 Å². The minimum absolute atomic E-state index is 0.218. The van der Waals surface area contributed by atoms with Gasteiger partial charge in [-0.2, -0.15) is 13.2 Å². The average molecular weight is 397 g/mol. The Labute approximate surface area is 162 Å². The number of imidazole rings is 1. The van der Waals surface area contributed by atoms with Crippen molar-refractivity contribution < 1.29 is 18.3 Å². The van der Waals surface area contributed by atoms with E-state index >= 15 is 0 Å². The Morgan fingerprint density at radius 3 is 2.50 bits per heavy atom. The molecule has 0 aliphatic carbocycles. The number of halogens is 3. The molecule has 1 unspecified atom stereocenters. The van der Waals surface area contributed by atoms with Gasteiger partial charge in [-0.1, -0.05) is 30.3 Å². The first-order valence-corrected chi connectivity index (χ1v) is 8.99. The molecule has 0 spiro atoms. The Hall–Kier alpha value is -2.55. The predicted octanol–water partition coefficient (Wildman–Crippen LogP) is 2.66. The second-order valence-corrected chi connectivity index (χ2v) is 6.55. The Kier molecular flexibility index (Phi) is 7.06. The molecule has 154 valence electrons. The zero-order valence-electron chi connectivity index (χ0n) is 16.2. The number of guanidine groups is 1. The topological polar surface area (TPSA) is 65.7 Å². The van der Waals surface area contributed by atoms with Gasteiger partial charge < -0.3 is 19.9 Å². The molecule has 2 N–H and O–H groups in total. The van der Waals surface area contributed by atoms with E-state index in [2.05, 4.69) is 15.3 Å². The van der Waals surface area contributed by atoms with Gasteiger partial charge in [0.05, 0.1) is 0 Å². The first-order valence-electron chi connectivity index (χ1n) is 8.99. The van der Waals surface area contributed by atoms with Crippen LogP contribution in [0.5, 0.6) is 0 Å². The molecule has 0 saturated heterocycles. The predicted molar refractivity (Wildman–Crippen MR) is 102 cm³/mol. The highest BCUT2D eigenvalue weighted by Gasteiger charge is 2.57. The van der Waals surface area contributed by atoms with Gasteiger partial charge in [-0.25, -0.2) is 4.98 Å². The molecule has 0 aliphatic rings. The maximum absolute atomic E-state index is 13.6. The van der Waals surface area contributed by atoms with Crippen molar-refractivity contribution in [2.75, 3.05) is 20.1 Å². The standard InChI is InChI=1S/C19H26F3N5O/c1-4-23-17(27(3)14-15-8-6-5-7-9-15)25-11-10-18(28,19(20,21)22)16-24-12-13-26(16)2/h5-9,12-13,28H,4,10-11,14H2,1-3H3,(H,23,25). The van der Waals surface area contributed by atoms with Gasteiger partial charge in [0.1, 0.15) is 5.82 Å². The number of aromatic nitrogens is 2. The van der Waals surface area contributed by atoms with Crippen LogP contribution in [-0.4, -0.2) is 51.8 Å². The molecular weight excluding hydrogens is 371 g/mol.